The number of anilines is 2. The van der Waals surface area contributed by atoms with Gasteiger partial charge in [0.15, 0.2) is 10.9 Å². The number of methoxy groups -OCH3 is 1. The Morgan fingerprint density at radius 3 is 2.74 bits per heavy atom. The number of furan rings is 1. The van der Waals surface area contributed by atoms with Gasteiger partial charge < -0.3 is 9.15 Å². The molecule has 6 nitrogen and oxygen atoms in total. The van der Waals surface area contributed by atoms with E-state index in [2.05, 4.69) is 4.98 Å². The van der Waals surface area contributed by atoms with Gasteiger partial charge in [-0.15, -0.1) is 11.3 Å². The van der Waals surface area contributed by atoms with Crippen LogP contribution in [0.1, 0.15) is 28.9 Å². The summed E-state index contributed by atoms with van der Waals surface area (Å²) >= 11 is 1.31. The van der Waals surface area contributed by atoms with Gasteiger partial charge in [-0.3, -0.25) is 14.5 Å². The Morgan fingerprint density at radius 2 is 2.07 bits per heavy atom. The van der Waals surface area contributed by atoms with Crippen molar-refractivity contribution in [1.29, 1.82) is 0 Å². The fraction of sp³-hybridized carbons (Fsp3) is 0.150. The number of benzene rings is 1. The number of ether oxygens (including phenoxy) is 1. The summed E-state index contributed by atoms with van der Waals surface area (Å²) in [5.74, 6) is 1.19. The molecule has 1 amide bonds. The number of hydrogen-bond donors (Lipinski definition) is 0. The van der Waals surface area contributed by atoms with Gasteiger partial charge >= 0.3 is 0 Å². The highest BCUT2D eigenvalue weighted by Gasteiger charge is 2.18. The Balaban J connectivity index is 1.82. The second kappa shape index (κ2) is 8.01. The third-order valence-electron chi connectivity index (χ3n) is 3.72. The molecule has 0 aliphatic rings. The van der Waals surface area contributed by atoms with Crippen LogP contribution in [0, 0.1) is 6.92 Å². The molecular weight excluding hydrogens is 364 g/mol. The van der Waals surface area contributed by atoms with E-state index >= 15 is 0 Å². The van der Waals surface area contributed by atoms with E-state index in [1.807, 2.05) is 12.1 Å². The molecule has 138 valence electrons. The predicted octanol–water partition coefficient (Wildman–Crippen LogP) is 4.63. The summed E-state index contributed by atoms with van der Waals surface area (Å²) in [6.45, 7) is 3.25. The Morgan fingerprint density at radius 1 is 1.26 bits per heavy atom. The van der Waals surface area contributed by atoms with Crippen LogP contribution in [0.4, 0.5) is 10.8 Å². The van der Waals surface area contributed by atoms with E-state index in [0.29, 0.717) is 28.0 Å². The maximum Gasteiger partial charge on any atom is 0.230 e. The minimum absolute atomic E-state index is 0.171. The molecule has 0 aliphatic carbocycles. The molecule has 0 spiro atoms. The van der Waals surface area contributed by atoms with Gasteiger partial charge in [-0.2, -0.15) is 0 Å². The largest absolute Gasteiger partial charge is 0.497 e. The van der Waals surface area contributed by atoms with E-state index in [1.165, 1.54) is 29.2 Å². The molecule has 1 aromatic carbocycles. The number of amides is 1. The summed E-state index contributed by atoms with van der Waals surface area (Å²) in [6, 6.07) is 10.6. The van der Waals surface area contributed by atoms with Crippen LogP contribution in [0.2, 0.25) is 0 Å². The maximum absolute atomic E-state index is 12.2. The zero-order valence-electron chi connectivity index (χ0n) is 15.1. The number of aryl methyl sites for hydroxylation is 1. The maximum atomic E-state index is 12.2. The summed E-state index contributed by atoms with van der Waals surface area (Å²) in [4.78, 5) is 30.2. The van der Waals surface area contributed by atoms with E-state index in [1.54, 1.807) is 49.8 Å². The zero-order chi connectivity index (χ0) is 19.4. The smallest absolute Gasteiger partial charge is 0.230 e. The lowest BCUT2D eigenvalue weighted by Gasteiger charge is -2.18. The molecule has 3 rings (SSSR count). The van der Waals surface area contributed by atoms with E-state index in [-0.39, 0.29) is 17.5 Å². The van der Waals surface area contributed by atoms with Crippen LogP contribution in [-0.4, -0.2) is 23.8 Å². The number of carbonyl (C=O) groups excluding carboxylic acids is 2. The summed E-state index contributed by atoms with van der Waals surface area (Å²) in [5, 5.41) is 2.29. The highest BCUT2D eigenvalue weighted by atomic mass is 32.1. The van der Waals surface area contributed by atoms with Crippen molar-refractivity contribution in [3.05, 3.63) is 65.1 Å². The van der Waals surface area contributed by atoms with Crippen LogP contribution in [0.15, 0.2) is 52.3 Å². The number of allylic oxidation sites excluding steroid dienone is 1. The quantitative estimate of drug-likeness (QED) is 0.459. The molecule has 27 heavy (non-hydrogen) atoms. The highest BCUT2D eigenvalue weighted by Crippen LogP contribution is 2.31. The fourth-order valence-electron chi connectivity index (χ4n) is 2.44. The molecule has 0 saturated carbocycles. The van der Waals surface area contributed by atoms with Crippen molar-refractivity contribution in [2.45, 2.75) is 13.8 Å². The average molecular weight is 382 g/mol. The lowest BCUT2D eigenvalue weighted by atomic mass is 10.2. The minimum atomic E-state index is -0.242. The second-order valence-corrected chi connectivity index (χ2v) is 6.56. The Hall–Kier alpha value is -3.19. The molecule has 7 heteroatoms. The van der Waals surface area contributed by atoms with Crippen LogP contribution in [0.25, 0.3) is 6.08 Å². The van der Waals surface area contributed by atoms with Crippen molar-refractivity contribution in [2.24, 2.45) is 0 Å². The number of hydrogen-bond acceptors (Lipinski definition) is 6. The number of rotatable bonds is 6. The third kappa shape index (κ3) is 4.32. The zero-order valence-corrected chi connectivity index (χ0v) is 15.9. The van der Waals surface area contributed by atoms with Gasteiger partial charge in [0.25, 0.3) is 0 Å². The molecule has 2 heterocycles. The first-order valence-electron chi connectivity index (χ1n) is 8.17. The first-order valence-corrected chi connectivity index (χ1v) is 9.05. The number of aromatic nitrogens is 1. The van der Waals surface area contributed by atoms with Crippen molar-refractivity contribution in [1.82, 2.24) is 4.98 Å². The van der Waals surface area contributed by atoms with Crippen LogP contribution in [-0.2, 0) is 4.79 Å². The van der Waals surface area contributed by atoms with Crippen molar-refractivity contribution in [3.8, 4) is 5.75 Å². The fourth-order valence-corrected chi connectivity index (χ4v) is 3.30. The summed E-state index contributed by atoms with van der Waals surface area (Å²) in [5.41, 5.74) is 1.25. The van der Waals surface area contributed by atoms with Gasteiger partial charge in [0.2, 0.25) is 11.7 Å². The minimum Gasteiger partial charge on any atom is -0.497 e. The summed E-state index contributed by atoms with van der Waals surface area (Å²) in [7, 11) is 1.57. The predicted molar refractivity (Wildman–Crippen MR) is 105 cm³/mol. The van der Waals surface area contributed by atoms with Gasteiger partial charge in [-0.1, -0.05) is 6.07 Å². The van der Waals surface area contributed by atoms with E-state index < -0.39 is 0 Å². The van der Waals surface area contributed by atoms with Crippen LogP contribution < -0.4 is 9.64 Å². The highest BCUT2D eigenvalue weighted by molar-refractivity contribution is 7.14. The van der Waals surface area contributed by atoms with Crippen molar-refractivity contribution in [2.75, 3.05) is 12.0 Å². The van der Waals surface area contributed by atoms with Gasteiger partial charge in [0, 0.05) is 18.4 Å². The van der Waals surface area contributed by atoms with E-state index in [4.69, 9.17) is 9.15 Å². The van der Waals surface area contributed by atoms with E-state index in [9.17, 15) is 9.59 Å². The number of nitrogens with zero attached hydrogens (tertiary/aromatic N) is 2. The van der Waals surface area contributed by atoms with Crippen LogP contribution >= 0.6 is 11.3 Å². The van der Waals surface area contributed by atoms with Gasteiger partial charge in [0.05, 0.1) is 18.5 Å². The summed E-state index contributed by atoms with van der Waals surface area (Å²) in [6.07, 6.45) is 3.00. The molecule has 0 N–H and O–H groups in total. The first kappa shape index (κ1) is 18.6. The molecule has 0 fully saturated rings. The standard InChI is InChI=1S/C20H18N2O4S/c1-13-7-10-19(26-13)18(24)9-8-15-12-27-20(21-15)22(14(2)23)16-5-4-6-17(11-16)25-3/h4-12H,1-3H3. The molecule has 0 radical (unpaired) electrons. The summed E-state index contributed by atoms with van der Waals surface area (Å²) < 4.78 is 10.5. The topological polar surface area (TPSA) is 72.6 Å². The Kier molecular flexibility index (Phi) is 5.52. The SMILES string of the molecule is COc1cccc(N(C(C)=O)c2nc(C=CC(=O)c3ccc(C)o3)cs2)c1. The molecule has 0 unspecified atom stereocenters. The molecule has 3 aromatic rings. The Bertz CT molecular complexity index is 1000. The third-order valence-corrected chi connectivity index (χ3v) is 4.56. The molecule has 0 aliphatic heterocycles. The van der Waals surface area contributed by atoms with Gasteiger partial charge in [0.1, 0.15) is 11.5 Å². The van der Waals surface area contributed by atoms with Crippen molar-refractivity contribution >= 4 is 39.9 Å². The second-order valence-electron chi connectivity index (χ2n) is 5.72. The molecule has 0 bridgehead atoms. The number of thiazole rings is 1. The Labute approximate surface area is 160 Å². The van der Waals surface area contributed by atoms with Crippen LogP contribution in [0.5, 0.6) is 5.75 Å². The number of carbonyl (C=O) groups is 2. The van der Waals surface area contributed by atoms with Crippen LogP contribution in [0.3, 0.4) is 0 Å². The van der Waals surface area contributed by atoms with Gasteiger partial charge in [-0.05, 0) is 43.3 Å². The first-order chi connectivity index (χ1) is 13.0. The monoisotopic (exact) mass is 382 g/mol. The van der Waals surface area contributed by atoms with Crippen molar-refractivity contribution < 1.29 is 18.7 Å². The molecule has 0 saturated heterocycles. The van der Waals surface area contributed by atoms with Crippen molar-refractivity contribution in [3.63, 3.8) is 0 Å². The lowest BCUT2D eigenvalue weighted by Crippen LogP contribution is -2.22. The normalized spacial score (nSPS) is 10.9. The average Bonchev–Trinajstić information content (AvgIpc) is 3.29. The van der Waals surface area contributed by atoms with E-state index in [0.717, 1.165) is 0 Å². The molecule has 0 atom stereocenters. The number of ketones is 1. The lowest BCUT2D eigenvalue weighted by molar-refractivity contribution is -0.115. The molecular formula is C20H18N2O4S. The molecule has 2 aromatic heterocycles. The van der Waals surface area contributed by atoms with Gasteiger partial charge in [-0.25, -0.2) is 4.98 Å².